The number of benzene rings is 4. The number of nitriles is 1. The predicted molar refractivity (Wildman–Crippen MR) is 264 cm³/mol. The van der Waals surface area contributed by atoms with Crippen LogP contribution in [-0.4, -0.2) is 88.4 Å². The first-order valence-electron chi connectivity index (χ1n) is 23.4. The predicted octanol–water partition coefficient (Wildman–Crippen LogP) is 10.2. The SMILES string of the molecule is COc1ccc(C(OC[C@@H]2[C@@H]3Oc4nc5c(NCC(=O)Oc6ccccc6C(C)(C)C)ncnc5n4[C@@H]3C[C@H]2OP(OCCC#N)N(C(C)C)C(C)C)(c2ccccc2)c2ccc(OC)cc2)cc1. The van der Waals surface area contributed by atoms with Gasteiger partial charge in [-0.25, -0.2) is 19.4 Å². The minimum atomic E-state index is -1.65. The fourth-order valence-electron chi connectivity index (χ4n) is 9.50. The zero-order valence-corrected chi connectivity index (χ0v) is 41.7. The quantitative estimate of drug-likeness (QED) is 0.0253. The van der Waals surface area contributed by atoms with Gasteiger partial charge in [-0.3, -0.25) is 4.57 Å². The van der Waals surface area contributed by atoms with Crippen molar-refractivity contribution in [3.8, 4) is 29.3 Å². The number of nitrogens with one attached hydrogen (secondary N) is 1. The number of rotatable bonds is 20. The second-order valence-corrected chi connectivity index (χ2v) is 20.2. The van der Waals surface area contributed by atoms with E-state index in [1.165, 1.54) is 6.33 Å². The van der Waals surface area contributed by atoms with Gasteiger partial charge < -0.3 is 38.0 Å². The van der Waals surface area contributed by atoms with Gasteiger partial charge in [0.15, 0.2) is 17.0 Å². The van der Waals surface area contributed by atoms with Gasteiger partial charge in [0, 0.05) is 23.6 Å². The number of aromatic nitrogens is 4. The normalized spacial score (nSPS) is 18.2. The molecule has 6 aromatic rings. The Morgan fingerprint density at radius 2 is 1.51 bits per heavy atom. The van der Waals surface area contributed by atoms with Crippen molar-refractivity contribution in [1.29, 1.82) is 5.26 Å². The van der Waals surface area contributed by atoms with Gasteiger partial charge in [0.05, 0.1) is 52.1 Å². The Kier molecular flexibility index (Phi) is 15.2. The Balaban J connectivity index is 1.16. The Morgan fingerprint density at radius 1 is 0.884 bits per heavy atom. The molecule has 1 saturated carbocycles. The van der Waals surface area contributed by atoms with Crippen LogP contribution in [0.3, 0.4) is 0 Å². The van der Waals surface area contributed by atoms with E-state index >= 15 is 0 Å². The molecule has 3 heterocycles. The van der Waals surface area contributed by atoms with Crippen LogP contribution < -0.4 is 24.3 Å². The van der Waals surface area contributed by atoms with Crippen molar-refractivity contribution in [3.05, 3.63) is 132 Å². The summed E-state index contributed by atoms with van der Waals surface area (Å²) in [4.78, 5) is 27.5. The van der Waals surface area contributed by atoms with Crippen LogP contribution in [0.1, 0.15) is 89.6 Å². The Morgan fingerprint density at radius 3 is 2.12 bits per heavy atom. The monoisotopic (exact) mass is 955 g/mol. The molecule has 362 valence electrons. The minimum absolute atomic E-state index is 0.0817. The molecule has 1 aliphatic heterocycles. The molecule has 16 heteroatoms. The average Bonchev–Trinajstić information content (AvgIpc) is 3.99. The van der Waals surface area contributed by atoms with Gasteiger partial charge in [-0.05, 0) is 86.6 Å². The highest BCUT2D eigenvalue weighted by Gasteiger charge is 2.55. The fourth-order valence-corrected chi connectivity index (χ4v) is 11.3. The van der Waals surface area contributed by atoms with Gasteiger partial charge in [-0.15, -0.1) is 0 Å². The third-order valence-electron chi connectivity index (χ3n) is 12.6. The van der Waals surface area contributed by atoms with Gasteiger partial charge in [-0.1, -0.05) is 93.6 Å². The maximum Gasteiger partial charge on any atom is 0.330 e. The number of fused-ring (bicyclic) bond motifs is 5. The maximum absolute atomic E-state index is 13.3. The van der Waals surface area contributed by atoms with Crippen molar-refractivity contribution in [2.75, 3.05) is 39.3 Å². The van der Waals surface area contributed by atoms with Crippen molar-refractivity contribution in [2.24, 2.45) is 5.92 Å². The smallest absolute Gasteiger partial charge is 0.330 e. The average molecular weight is 956 g/mol. The maximum atomic E-state index is 13.3. The number of ether oxygens (including phenoxy) is 5. The van der Waals surface area contributed by atoms with E-state index in [0.29, 0.717) is 35.2 Å². The van der Waals surface area contributed by atoms with E-state index in [1.807, 2.05) is 89.5 Å². The first-order chi connectivity index (χ1) is 33.3. The van der Waals surface area contributed by atoms with Crippen LogP contribution in [0.2, 0.25) is 0 Å². The number of carbonyl (C=O) groups is 1. The molecule has 5 atom stereocenters. The van der Waals surface area contributed by atoms with Crippen molar-refractivity contribution in [2.45, 2.75) is 103 Å². The lowest BCUT2D eigenvalue weighted by molar-refractivity contribution is -0.132. The van der Waals surface area contributed by atoms with Crippen molar-refractivity contribution >= 4 is 31.5 Å². The zero-order chi connectivity index (χ0) is 48.9. The number of anilines is 1. The highest BCUT2D eigenvalue weighted by Crippen LogP contribution is 2.55. The lowest BCUT2D eigenvalue weighted by Crippen LogP contribution is -2.40. The molecule has 1 unspecified atom stereocenters. The molecule has 2 aliphatic rings. The first kappa shape index (κ1) is 49.3. The molecule has 69 heavy (non-hydrogen) atoms. The molecule has 1 aliphatic carbocycles. The van der Waals surface area contributed by atoms with Crippen molar-refractivity contribution in [1.82, 2.24) is 24.2 Å². The molecular formula is C53H62N7O8P. The number of para-hydroxylation sites is 1. The summed E-state index contributed by atoms with van der Waals surface area (Å²) in [7, 11) is 1.66. The Hall–Kier alpha value is -6.14. The lowest BCUT2D eigenvalue weighted by Gasteiger charge is -2.39. The number of nitrogens with zero attached hydrogens (tertiary/aromatic N) is 6. The molecule has 2 aromatic heterocycles. The largest absolute Gasteiger partial charge is 0.497 e. The summed E-state index contributed by atoms with van der Waals surface area (Å²) in [6.07, 6.45) is 1.30. The van der Waals surface area contributed by atoms with Crippen LogP contribution in [0.4, 0.5) is 5.82 Å². The summed E-state index contributed by atoms with van der Waals surface area (Å²) < 4.78 is 49.5. The summed E-state index contributed by atoms with van der Waals surface area (Å²) >= 11 is 0. The standard InChI is InChI=1S/C53H62N7O8P/c1-34(2)60(35(3)4)69(65-29-15-28-54)68-45-30-43-48(67-51-58-47-49(56-33-57-50(47)59(43)51)55-31-46(61)66-44-19-14-13-18-42(44)52(5,6)7)41(45)32-64-53(36-16-11-10-12-17-36,37-20-24-39(62-8)25-21-37)38-22-26-40(63-9)27-23-38/h10-14,16-27,33-35,41,43,45,48H,15,29-32H2,1-9H3,(H,55,56,57)/t41-,43+,45+,48-,69?/m0/s1. The fraction of sp³-hybridized carbons (Fsp3) is 0.415. The highest BCUT2D eigenvalue weighted by molar-refractivity contribution is 7.44. The number of imidazole rings is 1. The van der Waals surface area contributed by atoms with Crippen molar-refractivity contribution in [3.63, 3.8) is 0 Å². The highest BCUT2D eigenvalue weighted by atomic mass is 31.2. The lowest BCUT2D eigenvalue weighted by atomic mass is 9.79. The van der Waals surface area contributed by atoms with E-state index in [0.717, 1.165) is 33.8 Å². The topological polar surface area (TPSA) is 164 Å². The summed E-state index contributed by atoms with van der Waals surface area (Å²) in [5.41, 5.74) is 3.31. The summed E-state index contributed by atoms with van der Waals surface area (Å²) in [6, 6.07) is 36.2. The van der Waals surface area contributed by atoms with Crippen LogP contribution in [-0.2, 0) is 29.6 Å². The molecule has 0 bridgehead atoms. The summed E-state index contributed by atoms with van der Waals surface area (Å²) in [6.45, 7) is 15.0. The van der Waals surface area contributed by atoms with E-state index in [-0.39, 0.29) is 55.6 Å². The Labute approximate surface area is 406 Å². The number of esters is 1. The molecule has 0 amide bonds. The number of hydrogen-bond donors (Lipinski definition) is 1. The second-order valence-electron chi connectivity index (χ2n) is 18.8. The van der Waals surface area contributed by atoms with E-state index < -0.39 is 32.3 Å². The van der Waals surface area contributed by atoms with E-state index in [2.05, 4.69) is 81.6 Å². The van der Waals surface area contributed by atoms with E-state index in [9.17, 15) is 10.1 Å². The molecule has 1 N–H and O–H groups in total. The molecular weight excluding hydrogens is 894 g/mol. The van der Waals surface area contributed by atoms with Gasteiger partial charge in [-0.2, -0.15) is 10.2 Å². The van der Waals surface area contributed by atoms with Gasteiger partial charge in [0.25, 0.3) is 14.5 Å². The molecule has 0 radical (unpaired) electrons. The third kappa shape index (κ3) is 10.3. The van der Waals surface area contributed by atoms with Crippen LogP contribution in [0.5, 0.6) is 23.3 Å². The molecule has 15 nitrogen and oxygen atoms in total. The van der Waals surface area contributed by atoms with Crippen LogP contribution in [0, 0.1) is 17.2 Å². The minimum Gasteiger partial charge on any atom is -0.497 e. The Bertz CT molecular complexity index is 2670. The van der Waals surface area contributed by atoms with Crippen molar-refractivity contribution < 1.29 is 37.5 Å². The molecule has 0 saturated heterocycles. The molecule has 1 fully saturated rings. The van der Waals surface area contributed by atoms with Crippen LogP contribution in [0.15, 0.2) is 109 Å². The van der Waals surface area contributed by atoms with Crippen LogP contribution >= 0.6 is 8.53 Å². The van der Waals surface area contributed by atoms with E-state index in [1.54, 1.807) is 20.3 Å². The number of carbonyl (C=O) groups excluding carboxylic acids is 1. The van der Waals surface area contributed by atoms with Crippen LogP contribution in [0.25, 0.3) is 11.2 Å². The molecule has 0 spiro atoms. The molecule has 4 aromatic carbocycles. The first-order valence-corrected chi connectivity index (χ1v) is 24.6. The molecule has 8 rings (SSSR count). The number of hydrogen-bond acceptors (Lipinski definition) is 14. The van der Waals surface area contributed by atoms with E-state index in [4.69, 9.17) is 42.7 Å². The summed E-state index contributed by atoms with van der Waals surface area (Å²) in [5, 5.41) is 12.7. The summed E-state index contributed by atoms with van der Waals surface area (Å²) in [5.74, 6) is 1.50. The number of methoxy groups -OCH3 is 2. The van der Waals surface area contributed by atoms with Gasteiger partial charge in [0.2, 0.25) is 0 Å². The second kappa shape index (κ2) is 21.2. The van der Waals surface area contributed by atoms with Gasteiger partial charge >= 0.3 is 5.97 Å². The zero-order valence-electron chi connectivity index (χ0n) is 40.8. The van der Waals surface area contributed by atoms with Gasteiger partial charge in [0.1, 0.15) is 41.8 Å². The third-order valence-corrected chi connectivity index (χ3v) is 14.8.